The molecule has 0 spiro atoms. The number of carbonyl (C=O) groups is 1. The van der Waals surface area contributed by atoms with Crippen LogP contribution in [0, 0.1) is 17.0 Å². The highest BCUT2D eigenvalue weighted by molar-refractivity contribution is 5.81. The van der Waals surface area contributed by atoms with Crippen molar-refractivity contribution < 1.29 is 13.6 Å². The van der Waals surface area contributed by atoms with Crippen molar-refractivity contribution in [1.82, 2.24) is 5.32 Å². The van der Waals surface area contributed by atoms with Crippen molar-refractivity contribution in [3.63, 3.8) is 0 Å². The monoisotopic (exact) mass is 255 g/mol. The van der Waals surface area contributed by atoms with E-state index in [0.717, 1.165) is 0 Å². The summed E-state index contributed by atoms with van der Waals surface area (Å²) in [4.78, 5) is 11.7. The summed E-state index contributed by atoms with van der Waals surface area (Å²) in [6.45, 7) is 7.10. The third-order valence-electron chi connectivity index (χ3n) is 2.63. The Morgan fingerprint density at radius 1 is 1.28 bits per heavy atom. The Labute approximate surface area is 106 Å². The average Bonchev–Trinajstić information content (AvgIpc) is 2.22. The van der Waals surface area contributed by atoms with Crippen molar-refractivity contribution in [2.45, 2.75) is 40.2 Å². The number of hydrogen-bond donors (Lipinski definition) is 1. The number of hydrogen-bond acceptors (Lipinski definition) is 1. The minimum Gasteiger partial charge on any atom is -0.353 e. The number of amides is 1. The Hall–Kier alpha value is -1.45. The van der Waals surface area contributed by atoms with E-state index in [-0.39, 0.29) is 23.9 Å². The molecule has 0 aromatic heterocycles. The quantitative estimate of drug-likeness (QED) is 0.883. The van der Waals surface area contributed by atoms with Crippen molar-refractivity contribution in [3.05, 3.63) is 35.4 Å². The second kappa shape index (κ2) is 5.46. The summed E-state index contributed by atoms with van der Waals surface area (Å²) >= 11 is 0. The van der Waals surface area contributed by atoms with E-state index in [1.165, 1.54) is 18.2 Å². The van der Waals surface area contributed by atoms with E-state index in [0.29, 0.717) is 0 Å². The summed E-state index contributed by atoms with van der Waals surface area (Å²) in [5.74, 6) is -1.29. The Kier molecular flexibility index (Phi) is 4.43. The van der Waals surface area contributed by atoms with Crippen LogP contribution in [0.15, 0.2) is 18.2 Å². The Balaban J connectivity index is 2.71. The molecule has 0 radical (unpaired) electrons. The van der Waals surface area contributed by atoms with Crippen LogP contribution in [0.4, 0.5) is 8.78 Å². The predicted octanol–water partition coefficient (Wildman–Crippen LogP) is 3.06. The molecule has 0 aliphatic heterocycles. The van der Waals surface area contributed by atoms with Crippen molar-refractivity contribution >= 4 is 5.91 Å². The van der Waals surface area contributed by atoms with Gasteiger partial charge in [-0.3, -0.25) is 4.79 Å². The molecule has 18 heavy (non-hydrogen) atoms. The molecule has 0 heterocycles. The molecule has 0 fully saturated rings. The Bertz CT molecular complexity index is 418. The molecule has 4 heteroatoms. The maximum Gasteiger partial charge on any atom is 0.225 e. The molecular weight excluding hydrogens is 236 g/mol. The zero-order valence-corrected chi connectivity index (χ0v) is 11.2. The SMILES string of the molecule is CC(Cc1c(F)cccc1F)NC(=O)C(C)(C)C. The molecule has 1 rings (SSSR count). The van der Waals surface area contributed by atoms with Gasteiger partial charge >= 0.3 is 0 Å². The second-order valence-corrected chi connectivity index (χ2v) is 5.53. The summed E-state index contributed by atoms with van der Waals surface area (Å²) in [6, 6.07) is 3.45. The second-order valence-electron chi connectivity index (χ2n) is 5.53. The topological polar surface area (TPSA) is 29.1 Å². The number of carbonyl (C=O) groups excluding carboxylic acids is 1. The van der Waals surface area contributed by atoms with Crippen LogP contribution in [0.25, 0.3) is 0 Å². The first kappa shape index (κ1) is 14.6. The van der Waals surface area contributed by atoms with Crippen LogP contribution in [0.3, 0.4) is 0 Å². The summed E-state index contributed by atoms with van der Waals surface area (Å²) in [5.41, 5.74) is -0.499. The summed E-state index contributed by atoms with van der Waals surface area (Å²) in [6.07, 6.45) is 0.139. The highest BCUT2D eigenvalue weighted by atomic mass is 19.1. The average molecular weight is 255 g/mol. The van der Waals surface area contributed by atoms with Gasteiger partial charge in [0.1, 0.15) is 11.6 Å². The van der Waals surface area contributed by atoms with Gasteiger partial charge in [0.2, 0.25) is 5.91 Å². The molecule has 1 unspecified atom stereocenters. The van der Waals surface area contributed by atoms with Crippen molar-refractivity contribution in [3.8, 4) is 0 Å². The van der Waals surface area contributed by atoms with Crippen LogP contribution in [0.2, 0.25) is 0 Å². The molecule has 1 atom stereocenters. The van der Waals surface area contributed by atoms with Gasteiger partial charge in [-0.1, -0.05) is 26.8 Å². The van der Waals surface area contributed by atoms with Gasteiger partial charge in [0.15, 0.2) is 0 Å². The molecule has 1 aromatic carbocycles. The molecule has 0 saturated carbocycles. The summed E-state index contributed by atoms with van der Waals surface area (Å²) < 4.78 is 26.9. The van der Waals surface area contributed by atoms with Crippen LogP contribution < -0.4 is 5.32 Å². The molecule has 2 nitrogen and oxygen atoms in total. The minimum absolute atomic E-state index is 0.0132. The zero-order valence-electron chi connectivity index (χ0n) is 11.2. The molecule has 0 aliphatic rings. The van der Waals surface area contributed by atoms with E-state index >= 15 is 0 Å². The number of rotatable bonds is 3. The number of nitrogens with one attached hydrogen (secondary N) is 1. The van der Waals surface area contributed by atoms with Gasteiger partial charge in [0.25, 0.3) is 0 Å². The Morgan fingerprint density at radius 3 is 2.22 bits per heavy atom. The molecule has 1 amide bonds. The first-order chi connectivity index (χ1) is 8.21. The zero-order chi connectivity index (χ0) is 13.9. The molecule has 0 saturated heterocycles. The first-order valence-electron chi connectivity index (χ1n) is 5.95. The lowest BCUT2D eigenvalue weighted by atomic mass is 9.94. The third-order valence-corrected chi connectivity index (χ3v) is 2.63. The molecule has 0 bridgehead atoms. The Morgan fingerprint density at radius 2 is 1.78 bits per heavy atom. The molecular formula is C14H19F2NO. The van der Waals surface area contributed by atoms with Gasteiger partial charge in [0, 0.05) is 17.0 Å². The fourth-order valence-electron chi connectivity index (χ4n) is 1.52. The lowest BCUT2D eigenvalue weighted by Gasteiger charge is -2.22. The first-order valence-corrected chi connectivity index (χ1v) is 5.95. The lowest BCUT2D eigenvalue weighted by Crippen LogP contribution is -2.41. The fraction of sp³-hybridized carbons (Fsp3) is 0.500. The van der Waals surface area contributed by atoms with Gasteiger partial charge in [-0.25, -0.2) is 8.78 Å². The van der Waals surface area contributed by atoms with Gasteiger partial charge in [-0.05, 0) is 25.5 Å². The maximum atomic E-state index is 13.4. The van der Waals surface area contributed by atoms with E-state index in [9.17, 15) is 13.6 Å². The highest BCUT2D eigenvalue weighted by Crippen LogP contribution is 2.16. The van der Waals surface area contributed by atoms with Crippen molar-refractivity contribution in [2.75, 3.05) is 0 Å². The smallest absolute Gasteiger partial charge is 0.225 e. The van der Waals surface area contributed by atoms with Gasteiger partial charge in [-0.15, -0.1) is 0 Å². The molecule has 1 aromatic rings. The van der Waals surface area contributed by atoms with Gasteiger partial charge in [-0.2, -0.15) is 0 Å². The summed E-state index contributed by atoms with van der Waals surface area (Å²) in [5, 5.41) is 2.75. The highest BCUT2D eigenvalue weighted by Gasteiger charge is 2.23. The van der Waals surface area contributed by atoms with E-state index in [4.69, 9.17) is 0 Å². The van der Waals surface area contributed by atoms with E-state index < -0.39 is 17.0 Å². The fourth-order valence-corrected chi connectivity index (χ4v) is 1.52. The third kappa shape index (κ3) is 3.79. The molecule has 100 valence electrons. The van der Waals surface area contributed by atoms with Gasteiger partial charge in [0.05, 0.1) is 0 Å². The lowest BCUT2D eigenvalue weighted by molar-refractivity contribution is -0.129. The maximum absolute atomic E-state index is 13.4. The minimum atomic E-state index is -0.577. The van der Waals surface area contributed by atoms with Crippen molar-refractivity contribution in [1.29, 1.82) is 0 Å². The van der Waals surface area contributed by atoms with Crippen molar-refractivity contribution in [2.24, 2.45) is 5.41 Å². The normalized spacial score (nSPS) is 13.2. The number of halogens is 2. The number of benzene rings is 1. The van der Waals surface area contributed by atoms with Crippen LogP contribution in [0.5, 0.6) is 0 Å². The van der Waals surface area contributed by atoms with E-state index in [1.54, 1.807) is 27.7 Å². The van der Waals surface area contributed by atoms with Crippen LogP contribution in [0.1, 0.15) is 33.3 Å². The van der Waals surface area contributed by atoms with Crippen LogP contribution in [-0.4, -0.2) is 11.9 Å². The largest absolute Gasteiger partial charge is 0.353 e. The van der Waals surface area contributed by atoms with Gasteiger partial charge < -0.3 is 5.32 Å². The van der Waals surface area contributed by atoms with E-state index in [2.05, 4.69) is 5.32 Å². The standard InChI is InChI=1S/C14H19F2NO/c1-9(17-13(18)14(2,3)4)8-10-11(15)6-5-7-12(10)16/h5-7,9H,8H2,1-4H3,(H,17,18). The molecule has 1 N–H and O–H groups in total. The molecule has 0 aliphatic carbocycles. The van der Waals surface area contributed by atoms with Crippen LogP contribution in [-0.2, 0) is 11.2 Å². The van der Waals surface area contributed by atoms with Crippen LogP contribution >= 0.6 is 0 Å². The van der Waals surface area contributed by atoms with E-state index in [1.807, 2.05) is 0 Å². The summed E-state index contributed by atoms with van der Waals surface area (Å²) in [7, 11) is 0. The predicted molar refractivity (Wildman–Crippen MR) is 67.1 cm³/mol.